The van der Waals surface area contributed by atoms with Gasteiger partial charge in [-0.25, -0.2) is 0 Å². The Balaban J connectivity index is 1.99. The van der Waals surface area contributed by atoms with Crippen molar-refractivity contribution in [2.45, 2.75) is 58.8 Å². The van der Waals surface area contributed by atoms with E-state index in [0.29, 0.717) is 12.3 Å². The molecule has 0 bridgehead atoms. The largest absolute Gasteiger partial charge is 0.294 e. The van der Waals surface area contributed by atoms with E-state index in [1.807, 2.05) is 12.1 Å². The second kappa shape index (κ2) is 9.42. The molecule has 0 fully saturated rings. The third kappa shape index (κ3) is 5.33. The van der Waals surface area contributed by atoms with Crippen LogP contribution in [0.5, 0.6) is 0 Å². The molecular weight excluding hydrogens is 292 g/mol. The topological polar surface area (TPSA) is 17.1 Å². The number of benzene rings is 1. The van der Waals surface area contributed by atoms with Crippen molar-refractivity contribution in [3.8, 4) is 0 Å². The number of ketones is 1. The second-order valence-electron chi connectivity index (χ2n) is 6.76. The molecule has 1 aliphatic carbocycles. The average molecular weight is 322 g/mol. The molecule has 1 nitrogen and oxygen atoms in total. The van der Waals surface area contributed by atoms with Gasteiger partial charge in [0.1, 0.15) is 0 Å². The smallest absolute Gasteiger partial charge is 0.162 e. The van der Waals surface area contributed by atoms with Crippen LogP contribution in [-0.4, -0.2) is 5.78 Å². The SMILES string of the molecule is C=C1C=C(C(CCCC)CCC(=O)c2ccc(CC)cc2)C=CC1. The lowest BCUT2D eigenvalue weighted by atomic mass is 9.84. The summed E-state index contributed by atoms with van der Waals surface area (Å²) < 4.78 is 0. The van der Waals surface area contributed by atoms with Crippen molar-refractivity contribution in [1.29, 1.82) is 0 Å². The van der Waals surface area contributed by atoms with Crippen LogP contribution in [0, 0.1) is 5.92 Å². The van der Waals surface area contributed by atoms with Gasteiger partial charge in [-0.1, -0.05) is 81.3 Å². The number of hydrogen-bond acceptors (Lipinski definition) is 1. The Morgan fingerprint density at radius 1 is 1.17 bits per heavy atom. The number of rotatable bonds is 9. The van der Waals surface area contributed by atoms with Crippen LogP contribution in [-0.2, 0) is 6.42 Å². The van der Waals surface area contributed by atoms with Crippen molar-refractivity contribution in [3.63, 3.8) is 0 Å². The molecule has 0 saturated carbocycles. The van der Waals surface area contributed by atoms with Gasteiger partial charge in [-0.05, 0) is 42.7 Å². The van der Waals surface area contributed by atoms with Crippen LogP contribution in [0.3, 0.4) is 0 Å². The van der Waals surface area contributed by atoms with E-state index < -0.39 is 0 Å². The van der Waals surface area contributed by atoms with E-state index in [9.17, 15) is 4.79 Å². The van der Waals surface area contributed by atoms with E-state index in [2.05, 4.69) is 50.8 Å². The molecule has 0 spiro atoms. The van der Waals surface area contributed by atoms with Crippen molar-refractivity contribution in [2.24, 2.45) is 5.92 Å². The average Bonchev–Trinajstić information content (AvgIpc) is 2.61. The van der Waals surface area contributed by atoms with E-state index in [0.717, 1.165) is 31.2 Å². The molecule has 1 aromatic carbocycles. The van der Waals surface area contributed by atoms with Crippen LogP contribution in [0.15, 0.2) is 60.2 Å². The van der Waals surface area contributed by atoms with Gasteiger partial charge in [0.15, 0.2) is 5.78 Å². The minimum Gasteiger partial charge on any atom is -0.294 e. The fraction of sp³-hybridized carbons (Fsp3) is 0.435. The number of hydrogen-bond donors (Lipinski definition) is 0. The fourth-order valence-electron chi connectivity index (χ4n) is 3.25. The molecule has 0 amide bonds. The Labute approximate surface area is 147 Å². The lowest BCUT2D eigenvalue weighted by molar-refractivity contribution is 0.0975. The summed E-state index contributed by atoms with van der Waals surface area (Å²) in [5, 5.41) is 0. The van der Waals surface area contributed by atoms with Crippen molar-refractivity contribution < 1.29 is 4.79 Å². The Bertz CT molecular complexity index is 616. The van der Waals surface area contributed by atoms with Crippen molar-refractivity contribution in [3.05, 3.63) is 71.3 Å². The quantitative estimate of drug-likeness (QED) is 0.477. The van der Waals surface area contributed by atoms with Crippen molar-refractivity contribution in [2.75, 3.05) is 0 Å². The Hall–Kier alpha value is -1.89. The van der Waals surface area contributed by atoms with E-state index in [1.165, 1.54) is 29.6 Å². The maximum absolute atomic E-state index is 12.5. The van der Waals surface area contributed by atoms with Crippen LogP contribution >= 0.6 is 0 Å². The van der Waals surface area contributed by atoms with Crippen LogP contribution in [0.4, 0.5) is 0 Å². The molecule has 0 heterocycles. The van der Waals surface area contributed by atoms with Crippen LogP contribution in [0.2, 0.25) is 0 Å². The Kier molecular flexibility index (Phi) is 7.24. The molecular formula is C23H30O. The van der Waals surface area contributed by atoms with Gasteiger partial charge in [-0.15, -0.1) is 0 Å². The zero-order valence-electron chi connectivity index (χ0n) is 15.2. The summed E-state index contributed by atoms with van der Waals surface area (Å²) >= 11 is 0. The van der Waals surface area contributed by atoms with Crippen LogP contribution in [0.25, 0.3) is 0 Å². The molecule has 1 atom stereocenters. The minimum atomic E-state index is 0.262. The third-order valence-electron chi connectivity index (χ3n) is 4.84. The van der Waals surface area contributed by atoms with Gasteiger partial charge in [0, 0.05) is 12.0 Å². The number of unbranched alkanes of at least 4 members (excludes halogenated alkanes) is 1. The first kappa shape index (κ1) is 18.4. The monoisotopic (exact) mass is 322 g/mol. The van der Waals surface area contributed by atoms with Crippen molar-refractivity contribution in [1.82, 2.24) is 0 Å². The molecule has 2 rings (SSSR count). The van der Waals surface area contributed by atoms with Gasteiger partial charge < -0.3 is 0 Å². The van der Waals surface area contributed by atoms with Gasteiger partial charge in [0.2, 0.25) is 0 Å². The van der Waals surface area contributed by atoms with Gasteiger partial charge in [0.05, 0.1) is 0 Å². The molecule has 0 aliphatic heterocycles. The summed E-state index contributed by atoms with van der Waals surface area (Å²) in [4.78, 5) is 12.5. The van der Waals surface area contributed by atoms with Crippen molar-refractivity contribution >= 4 is 5.78 Å². The summed E-state index contributed by atoms with van der Waals surface area (Å²) in [5.74, 6) is 0.732. The number of aryl methyl sites for hydroxylation is 1. The standard InChI is InChI=1S/C23H30O/c1-4-6-9-20(22-10-7-8-18(3)17-22)15-16-23(24)21-13-11-19(5-2)12-14-21/h7,10-14,17,20H,3-6,8-9,15-16H2,1-2H3. The summed E-state index contributed by atoms with van der Waals surface area (Å²) in [5.41, 5.74) is 4.66. The van der Waals surface area contributed by atoms with Gasteiger partial charge >= 0.3 is 0 Å². The van der Waals surface area contributed by atoms with Gasteiger partial charge in [0.25, 0.3) is 0 Å². The number of carbonyl (C=O) groups excluding carboxylic acids is 1. The van der Waals surface area contributed by atoms with Crippen LogP contribution in [0.1, 0.15) is 68.3 Å². The lowest BCUT2D eigenvalue weighted by Crippen LogP contribution is -2.09. The fourth-order valence-corrected chi connectivity index (χ4v) is 3.25. The Morgan fingerprint density at radius 3 is 2.54 bits per heavy atom. The maximum atomic E-state index is 12.5. The van der Waals surface area contributed by atoms with E-state index in [4.69, 9.17) is 0 Å². The van der Waals surface area contributed by atoms with Gasteiger partial charge in [-0.2, -0.15) is 0 Å². The highest BCUT2D eigenvalue weighted by Gasteiger charge is 2.16. The number of Topliss-reactive ketones (excluding diaryl/α,β-unsaturated/α-hetero) is 1. The number of allylic oxidation sites excluding steroid dienone is 5. The first-order valence-corrected chi connectivity index (χ1v) is 9.32. The van der Waals surface area contributed by atoms with E-state index >= 15 is 0 Å². The molecule has 0 aromatic heterocycles. The first-order valence-electron chi connectivity index (χ1n) is 9.32. The summed E-state index contributed by atoms with van der Waals surface area (Å²) in [6.07, 6.45) is 13.7. The molecule has 1 aliphatic rings. The zero-order valence-corrected chi connectivity index (χ0v) is 15.2. The molecule has 1 heteroatoms. The summed E-state index contributed by atoms with van der Waals surface area (Å²) in [6, 6.07) is 8.09. The highest BCUT2D eigenvalue weighted by atomic mass is 16.1. The minimum absolute atomic E-state index is 0.262. The molecule has 128 valence electrons. The predicted octanol–water partition coefficient (Wildman–Crippen LogP) is 6.46. The molecule has 0 N–H and O–H groups in total. The molecule has 1 aromatic rings. The molecule has 1 unspecified atom stereocenters. The number of carbonyl (C=O) groups is 1. The zero-order chi connectivity index (χ0) is 17.4. The normalized spacial score (nSPS) is 15.2. The van der Waals surface area contributed by atoms with E-state index in [1.54, 1.807) is 0 Å². The molecule has 0 saturated heterocycles. The Morgan fingerprint density at radius 2 is 1.92 bits per heavy atom. The van der Waals surface area contributed by atoms with E-state index in [-0.39, 0.29) is 5.78 Å². The summed E-state index contributed by atoms with van der Waals surface area (Å²) in [6.45, 7) is 8.45. The maximum Gasteiger partial charge on any atom is 0.162 e. The molecule has 0 radical (unpaired) electrons. The predicted molar refractivity (Wildman–Crippen MR) is 103 cm³/mol. The van der Waals surface area contributed by atoms with Gasteiger partial charge in [-0.3, -0.25) is 4.79 Å². The third-order valence-corrected chi connectivity index (χ3v) is 4.84. The highest BCUT2D eigenvalue weighted by molar-refractivity contribution is 5.96. The highest BCUT2D eigenvalue weighted by Crippen LogP contribution is 2.29. The van der Waals surface area contributed by atoms with Crippen LogP contribution < -0.4 is 0 Å². The molecule has 24 heavy (non-hydrogen) atoms. The summed E-state index contributed by atoms with van der Waals surface area (Å²) in [7, 11) is 0. The first-order chi connectivity index (χ1) is 11.6. The second-order valence-corrected chi connectivity index (χ2v) is 6.76. The lowest BCUT2D eigenvalue weighted by Gasteiger charge is -2.20.